The number of methoxy groups -OCH3 is 1. The Morgan fingerprint density at radius 1 is 1.00 bits per heavy atom. The summed E-state index contributed by atoms with van der Waals surface area (Å²) >= 11 is 12.3. The summed E-state index contributed by atoms with van der Waals surface area (Å²) in [5.41, 5.74) is 2.08. The van der Waals surface area contributed by atoms with Gasteiger partial charge in [-0.15, -0.1) is 0 Å². The van der Waals surface area contributed by atoms with Crippen LogP contribution in [0.3, 0.4) is 0 Å². The average Bonchev–Trinajstić information content (AvgIpc) is 3.06. The number of benzene rings is 3. The van der Waals surface area contributed by atoms with E-state index in [1.54, 1.807) is 36.4 Å². The third-order valence-electron chi connectivity index (χ3n) is 4.75. The van der Waals surface area contributed by atoms with Gasteiger partial charge in [-0.1, -0.05) is 53.5 Å². The van der Waals surface area contributed by atoms with Crippen molar-refractivity contribution < 1.29 is 19.1 Å². The molecule has 3 amide bonds. The van der Waals surface area contributed by atoms with Gasteiger partial charge in [-0.25, -0.2) is 9.69 Å². The first-order valence-electron chi connectivity index (χ1n) is 9.63. The Balaban J connectivity index is 1.58. The Bertz CT molecular complexity index is 1190. The molecule has 0 bridgehead atoms. The van der Waals surface area contributed by atoms with Crippen molar-refractivity contribution >= 4 is 46.9 Å². The Kier molecular flexibility index (Phi) is 6.35. The summed E-state index contributed by atoms with van der Waals surface area (Å²) in [6.45, 7) is 0.321. The van der Waals surface area contributed by atoms with Crippen LogP contribution in [0.25, 0.3) is 6.08 Å². The number of anilines is 1. The molecule has 3 aromatic rings. The summed E-state index contributed by atoms with van der Waals surface area (Å²) in [6.07, 6.45) is 1.53. The summed E-state index contributed by atoms with van der Waals surface area (Å²) in [5, 5.41) is 3.41. The van der Waals surface area contributed by atoms with E-state index in [4.69, 9.17) is 32.7 Å². The highest BCUT2D eigenvalue weighted by atomic mass is 35.5. The van der Waals surface area contributed by atoms with E-state index in [1.165, 1.54) is 13.2 Å². The second kappa shape index (κ2) is 9.34. The van der Waals surface area contributed by atoms with Crippen molar-refractivity contribution in [2.75, 3.05) is 12.0 Å². The number of urea groups is 1. The van der Waals surface area contributed by atoms with Crippen LogP contribution in [0.15, 0.2) is 72.4 Å². The van der Waals surface area contributed by atoms with Crippen molar-refractivity contribution in [3.63, 3.8) is 0 Å². The summed E-state index contributed by atoms with van der Waals surface area (Å²) in [7, 11) is 1.50. The smallest absolute Gasteiger partial charge is 0.333 e. The van der Waals surface area contributed by atoms with Gasteiger partial charge in [0.05, 0.1) is 17.8 Å². The van der Waals surface area contributed by atoms with Crippen LogP contribution in [0.2, 0.25) is 10.0 Å². The molecule has 1 aliphatic rings. The number of nitrogens with one attached hydrogen (secondary N) is 1. The van der Waals surface area contributed by atoms with Gasteiger partial charge in [0, 0.05) is 5.02 Å². The second-order valence-corrected chi connectivity index (χ2v) is 7.76. The third kappa shape index (κ3) is 4.56. The van der Waals surface area contributed by atoms with E-state index >= 15 is 0 Å². The van der Waals surface area contributed by atoms with Gasteiger partial charge >= 0.3 is 6.03 Å². The normalized spacial score (nSPS) is 14.6. The Labute approximate surface area is 195 Å². The molecule has 1 fully saturated rings. The average molecular weight is 469 g/mol. The van der Waals surface area contributed by atoms with Crippen LogP contribution < -0.4 is 19.7 Å². The maximum Gasteiger partial charge on any atom is 0.333 e. The molecule has 0 aliphatic carbocycles. The highest BCUT2D eigenvalue weighted by Gasteiger charge is 2.34. The summed E-state index contributed by atoms with van der Waals surface area (Å²) in [6, 6.07) is 18.9. The van der Waals surface area contributed by atoms with E-state index in [0.717, 1.165) is 10.5 Å². The van der Waals surface area contributed by atoms with Gasteiger partial charge in [-0.2, -0.15) is 0 Å². The molecular weight excluding hydrogens is 451 g/mol. The zero-order valence-electron chi connectivity index (χ0n) is 17.0. The van der Waals surface area contributed by atoms with Gasteiger partial charge < -0.3 is 14.8 Å². The lowest BCUT2D eigenvalue weighted by Gasteiger charge is -2.13. The topological polar surface area (TPSA) is 67.9 Å². The van der Waals surface area contributed by atoms with E-state index in [1.807, 2.05) is 30.3 Å². The molecule has 1 aliphatic heterocycles. The molecule has 1 N–H and O–H groups in total. The fourth-order valence-corrected chi connectivity index (χ4v) is 3.62. The van der Waals surface area contributed by atoms with Crippen LogP contribution in [0, 0.1) is 0 Å². The molecule has 8 heteroatoms. The first kappa shape index (κ1) is 21.7. The fourth-order valence-electron chi connectivity index (χ4n) is 3.22. The van der Waals surface area contributed by atoms with Crippen molar-refractivity contribution in [2.24, 2.45) is 0 Å². The number of carbonyl (C=O) groups excluding carboxylic acids is 2. The van der Waals surface area contributed by atoms with Crippen LogP contribution in [0.4, 0.5) is 10.5 Å². The lowest BCUT2D eigenvalue weighted by Crippen LogP contribution is -2.30. The monoisotopic (exact) mass is 468 g/mol. The molecule has 1 saturated heterocycles. The zero-order valence-corrected chi connectivity index (χ0v) is 18.5. The molecule has 0 aromatic heterocycles. The van der Waals surface area contributed by atoms with Crippen LogP contribution in [-0.4, -0.2) is 19.0 Å². The quantitative estimate of drug-likeness (QED) is 0.373. The number of amides is 3. The number of carbonyl (C=O) groups is 2. The molecule has 162 valence electrons. The lowest BCUT2D eigenvalue weighted by molar-refractivity contribution is -0.113. The Morgan fingerprint density at radius 2 is 1.72 bits per heavy atom. The predicted octanol–water partition coefficient (Wildman–Crippen LogP) is 5.68. The number of hydrogen-bond acceptors (Lipinski definition) is 4. The fraction of sp³-hybridized carbons (Fsp3) is 0.0833. The largest absolute Gasteiger partial charge is 0.493 e. The maximum absolute atomic E-state index is 12.8. The molecule has 0 radical (unpaired) electrons. The van der Waals surface area contributed by atoms with Crippen LogP contribution in [-0.2, 0) is 11.4 Å². The molecule has 4 rings (SSSR count). The minimum Gasteiger partial charge on any atom is -0.493 e. The van der Waals surface area contributed by atoms with Gasteiger partial charge in [0.1, 0.15) is 12.3 Å². The summed E-state index contributed by atoms with van der Waals surface area (Å²) in [5.74, 6) is 0.313. The summed E-state index contributed by atoms with van der Waals surface area (Å²) < 4.78 is 11.3. The van der Waals surface area contributed by atoms with Gasteiger partial charge in [-0.3, -0.25) is 4.79 Å². The van der Waals surface area contributed by atoms with Gasteiger partial charge in [-0.05, 0) is 53.6 Å². The summed E-state index contributed by atoms with van der Waals surface area (Å²) in [4.78, 5) is 26.2. The van der Waals surface area contributed by atoms with Crippen LogP contribution in [0.1, 0.15) is 11.1 Å². The number of halogens is 2. The van der Waals surface area contributed by atoms with E-state index in [-0.39, 0.29) is 5.70 Å². The molecule has 1 heterocycles. The Morgan fingerprint density at radius 3 is 2.41 bits per heavy atom. The standard InChI is InChI=1S/C24H18Cl2N2O4/c1-31-21-13-16(11-19(26)22(21)32-14-15-5-3-2-4-6-15)12-20-23(29)28(24(30)27-20)18-9-7-17(25)8-10-18/h2-13H,14H2,1H3,(H,27,30)/b20-12+. The highest BCUT2D eigenvalue weighted by Crippen LogP contribution is 2.38. The van der Waals surface area contributed by atoms with Crippen LogP contribution >= 0.6 is 23.2 Å². The maximum atomic E-state index is 12.8. The lowest BCUT2D eigenvalue weighted by atomic mass is 10.1. The Hall–Kier alpha value is -3.48. The minimum atomic E-state index is -0.551. The molecule has 0 saturated carbocycles. The number of nitrogens with zero attached hydrogens (tertiary/aromatic N) is 1. The first-order chi connectivity index (χ1) is 15.5. The minimum absolute atomic E-state index is 0.112. The second-order valence-electron chi connectivity index (χ2n) is 6.91. The van der Waals surface area contributed by atoms with Gasteiger partial charge in [0.25, 0.3) is 5.91 Å². The first-order valence-corrected chi connectivity index (χ1v) is 10.4. The molecular formula is C24H18Cl2N2O4. The number of hydrogen-bond donors (Lipinski definition) is 1. The molecule has 3 aromatic carbocycles. The van der Waals surface area contributed by atoms with Crippen molar-refractivity contribution in [1.82, 2.24) is 5.32 Å². The van der Waals surface area contributed by atoms with E-state index in [2.05, 4.69) is 5.32 Å². The van der Waals surface area contributed by atoms with Crippen LogP contribution in [0.5, 0.6) is 11.5 Å². The highest BCUT2D eigenvalue weighted by molar-refractivity contribution is 6.33. The molecule has 0 unspecified atom stereocenters. The van der Waals surface area contributed by atoms with E-state index in [0.29, 0.717) is 39.4 Å². The SMILES string of the molecule is COc1cc(/C=C2/NC(=O)N(c3ccc(Cl)cc3)C2=O)cc(Cl)c1OCc1ccccc1. The third-order valence-corrected chi connectivity index (χ3v) is 5.28. The van der Waals surface area contributed by atoms with Crippen molar-refractivity contribution in [3.8, 4) is 11.5 Å². The van der Waals surface area contributed by atoms with Crippen molar-refractivity contribution in [1.29, 1.82) is 0 Å². The predicted molar refractivity (Wildman–Crippen MR) is 124 cm³/mol. The van der Waals surface area contributed by atoms with Gasteiger partial charge in [0.15, 0.2) is 11.5 Å². The number of ether oxygens (including phenoxy) is 2. The number of rotatable bonds is 6. The van der Waals surface area contributed by atoms with Crippen molar-refractivity contribution in [3.05, 3.63) is 93.6 Å². The number of imide groups is 1. The van der Waals surface area contributed by atoms with E-state index in [9.17, 15) is 9.59 Å². The van der Waals surface area contributed by atoms with Gasteiger partial charge in [0.2, 0.25) is 0 Å². The molecule has 0 spiro atoms. The molecule has 0 atom stereocenters. The van der Waals surface area contributed by atoms with Crippen molar-refractivity contribution in [2.45, 2.75) is 6.61 Å². The molecule has 32 heavy (non-hydrogen) atoms. The molecule has 6 nitrogen and oxygen atoms in total. The van der Waals surface area contributed by atoms with E-state index < -0.39 is 11.9 Å². The zero-order chi connectivity index (χ0) is 22.7.